The van der Waals surface area contributed by atoms with Gasteiger partial charge in [0.1, 0.15) is 5.82 Å². The van der Waals surface area contributed by atoms with Gasteiger partial charge in [0, 0.05) is 22.2 Å². The van der Waals surface area contributed by atoms with Crippen molar-refractivity contribution in [1.82, 2.24) is 4.98 Å². The van der Waals surface area contributed by atoms with Crippen LogP contribution < -0.4 is 5.73 Å². The second-order valence-electron chi connectivity index (χ2n) is 3.21. The zero-order chi connectivity index (χ0) is 10.1. The Bertz CT molecular complexity index is 497. The molecule has 72 valence electrons. The molecule has 0 aliphatic rings. The van der Waals surface area contributed by atoms with Crippen LogP contribution in [-0.4, -0.2) is 4.98 Å². The summed E-state index contributed by atoms with van der Waals surface area (Å²) < 4.78 is 13.0. The number of aromatic nitrogens is 1. The van der Waals surface area contributed by atoms with Gasteiger partial charge in [0.15, 0.2) is 0 Å². The van der Waals surface area contributed by atoms with Gasteiger partial charge >= 0.3 is 0 Å². The first kappa shape index (κ1) is 8.81. The minimum absolute atomic E-state index is 0.233. The van der Waals surface area contributed by atoms with Gasteiger partial charge in [-0.05, 0) is 37.4 Å². The highest BCUT2D eigenvalue weighted by Crippen LogP contribution is 2.23. The van der Waals surface area contributed by atoms with Crippen molar-refractivity contribution in [3.05, 3.63) is 41.5 Å². The van der Waals surface area contributed by atoms with E-state index >= 15 is 0 Å². The molecule has 14 heavy (non-hydrogen) atoms. The fraction of sp³-hybridized carbons (Fsp3) is 0.0909. The molecule has 2 rings (SSSR count). The second-order valence-corrected chi connectivity index (χ2v) is 3.21. The van der Waals surface area contributed by atoms with Crippen LogP contribution in [0.25, 0.3) is 17.0 Å². The third-order valence-electron chi connectivity index (χ3n) is 2.26. The number of nitrogens with one attached hydrogen (secondary N) is 1. The molecule has 0 aliphatic heterocycles. The van der Waals surface area contributed by atoms with Crippen LogP contribution in [0.5, 0.6) is 0 Å². The maximum Gasteiger partial charge on any atom is 0.123 e. The molecule has 1 aromatic carbocycles. The zero-order valence-electron chi connectivity index (χ0n) is 7.84. The van der Waals surface area contributed by atoms with Crippen LogP contribution in [0.3, 0.4) is 0 Å². The Morgan fingerprint density at radius 2 is 2.21 bits per heavy atom. The van der Waals surface area contributed by atoms with E-state index in [1.165, 1.54) is 18.3 Å². The standard InChI is InChI=1S/C11H11FN2/c1-7-9(4-5-13)10-6-8(12)2-3-11(10)14-7/h2-6,14H,13H2,1H3/b5-4+. The summed E-state index contributed by atoms with van der Waals surface area (Å²) in [6.45, 7) is 1.94. The topological polar surface area (TPSA) is 41.8 Å². The lowest BCUT2D eigenvalue weighted by atomic mass is 10.1. The number of rotatable bonds is 1. The van der Waals surface area contributed by atoms with E-state index in [1.807, 2.05) is 6.92 Å². The van der Waals surface area contributed by atoms with Crippen LogP contribution in [0.1, 0.15) is 11.3 Å². The zero-order valence-corrected chi connectivity index (χ0v) is 7.84. The number of fused-ring (bicyclic) bond motifs is 1. The summed E-state index contributed by atoms with van der Waals surface area (Å²) in [6, 6.07) is 4.67. The predicted octanol–water partition coefficient (Wildman–Crippen LogP) is 2.54. The van der Waals surface area contributed by atoms with E-state index in [1.54, 1.807) is 12.1 Å². The average Bonchev–Trinajstić information content (AvgIpc) is 2.45. The summed E-state index contributed by atoms with van der Waals surface area (Å²) in [7, 11) is 0. The Morgan fingerprint density at radius 1 is 1.43 bits per heavy atom. The van der Waals surface area contributed by atoms with E-state index in [-0.39, 0.29) is 5.82 Å². The van der Waals surface area contributed by atoms with Gasteiger partial charge < -0.3 is 10.7 Å². The van der Waals surface area contributed by atoms with E-state index in [4.69, 9.17) is 5.73 Å². The van der Waals surface area contributed by atoms with Crippen LogP contribution in [0.2, 0.25) is 0 Å². The molecule has 0 spiro atoms. The minimum atomic E-state index is -0.233. The molecule has 0 unspecified atom stereocenters. The van der Waals surface area contributed by atoms with Gasteiger partial charge in [-0.1, -0.05) is 0 Å². The molecule has 0 bridgehead atoms. The Hall–Kier alpha value is -1.77. The third kappa shape index (κ3) is 1.27. The number of nitrogens with two attached hydrogens (primary N) is 1. The largest absolute Gasteiger partial charge is 0.405 e. The van der Waals surface area contributed by atoms with Crippen LogP contribution in [0.15, 0.2) is 24.4 Å². The molecule has 0 saturated carbocycles. The lowest BCUT2D eigenvalue weighted by Crippen LogP contribution is -1.79. The molecule has 2 nitrogen and oxygen atoms in total. The number of hydrogen-bond acceptors (Lipinski definition) is 1. The molecule has 0 atom stereocenters. The van der Waals surface area contributed by atoms with Crippen molar-refractivity contribution in [1.29, 1.82) is 0 Å². The van der Waals surface area contributed by atoms with Gasteiger partial charge in [0.2, 0.25) is 0 Å². The van der Waals surface area contributed by atoms with Crippen molar-refractivity contribution in [3.63, 3.8) is 0 Å². The van der Waals surface area contributed by atoms with Crippen LogP contribution in [-0.2, 0) is 0 Å². The Labute approximate surface area is 81.2 Å². The van der Waals surface area contributed by atoms with Crippen molar-refractivity contribution in [2.45, 2.75) is 6.92 Å². The number of halogens is 1. The Morgan fingerprint density at radius 3 is 2.93 bits per heavy atom. The second kappa shape index (κ2) is 3.18. The summed E-state index contributed by atoms with van der Waals surface area (Å²) in [5.41, 5.74) is 8.20. The van der Waals surface area contributed by atoms with Crippen LogP contribution in [0.4, 0.5) is 4.39 Å². The molecule has 0 radical (unpaired) electrons. The molecule has 1 heterocycles. The molecule has 0 amide bonds. The summed E-state index contributed by atoms with van der Waals surface area (Å²) in [6.07, 6.45) is 3.23. The molecule has 0 fully saturated rings. The molecule has 0 saturated heterocycles. The lowest BCUT2D eigenvalue weighted by Gasteiger charge is -1.92. The summed E-state index contributed by atoms with van der Waals surface area (Å²) in [4.78, 5) is 3.17. The number of aromatic amines is 1. The highest BCUT2D eigenvalue weighted by atomic mass is 19.1. The van der Waals surface area contributed by atoms with E-state index in [0.29, 0.717) is 0 Å². The highest BCUT2D eigenvalue weighted by Gasteiger charge is 2.05. The van der Waals surface area contributed by atoms with Crippen LogP contribution in [0, 0.1) is 12.7 Å². The molecule has 1 aromatic heterocycles. The van der Waals surface area contributed by atoms with Crippen molar-refractivity contribution in [3.8, 4) is 0 Å². The summed E-state index contributed by atoms with van der Waals surface area (Å²) in [5.74, 6) is -0.233. The van der Waals surface area contributed by atoms with Crippen molar-refractivity contribution in [2.75, 3.05) is 0 Å². The fourth-order valence-corrected chi connectivity index (χ4v) is 1.63. The normalized spacial score (nSPS) is 11.6. The van der Waals surface area contributed by atoms with Crippen molar-refractivity contribution >= 4 is 17.0 Å². The predicted molar refractivity (Wildman–Crippen MR) is 56.2 cm³/mol. The maximum atomic E-state index is 13.0. The molecule has 2 aromatic rings. The number of hydrogen-bond donors (Lipinski definition) is 2. The average molecular weight is 190 g/mol. The molecule has 3 heteroatoms. The SMILES string of the molecule is Cc1[nH]c2ccc(F)cc2c1/C=C/N. The first-order valence-electron chi connectivity index (χ1n) is 4.38. The van der Waals surface area contributed by atoms with Crippen molar-refractivity contribution < 1.29 is 4.39 Å². The van der Waals surface area contributed by atoms with Crippen LogP contribution >= 0.6 is 0 Å². The van der Waals surface area contributed by atoms with Gasteiger partial charge in [0.25, 0.3) is 0 Å². The van der Waals surface area contributed by atoms with Gasteiger partial charge in [-0.3, -0.25) is 0 Å². The highest BCUT2D eigenvalue weighted by molar-refractivity contribution is 5.90. The Kier molecular flexibility index (Phi) is 2.00. The lowest BCUT2D eigenvalue weighted by molar-refractivity contribution is 0.629. The van der Waals surface area contributed by atoms with Crippen molar-refractivity contribution in [2.24, 2.45) is 5.73 Å². The molecular weight excluding hydrogens is 179 g/mol. The minimum Gasteiger partial charge on any atom is -0.405 e. The molecular formula is C11H11FN2. The first-order chi connectivity index (χ1) is 6.72. The smallest absolute Gasteiger partial charge is 0.123 e. The third-order valence-corrected chi connectivity index (χ3v) is 2.26. The van der Waals surface area contributed by atoms with Gasteiger partial charge in [-0.25, -0.2) is 4.39 Å². The number of H-pyrrole nitrogens is 1. The summed E-state index contributed by atoms with van der Waals surface area (Å²) >= 11 is 0. The number of benzene rings is 1. The molecule has 3 N–H and O–H groups in total. The van der Waals surface area contributed by atoms with E-state index in [9.17, 15) is 4.39 Å². The van der Waals surface area contributed by atoms with E-state index in [2.05, 4.69) is 4.98 Å². The fourth-order valence-electron chi connectivity index (χ4n) is 1.63. The molecule has 0 aliphatic carbocycles. The first-order valence-corrected chi connectivity index (χ1v) is 4.38. The summed E-state index contributed by atoms with van der Waals surface area (Å²) in [5, 5.41) is 0.865. The Balaban J connectivity index is 2.79. The van der Waals surface area contributed by atoms with E-state index in [0.717, 1.165) is 22.2 Å². The number of aryl methyl sites for hydroxylation is 1. The quantitative estimate of drug-likeness (QED) is 0.712. The van der Waals surface area contributed by atoms with Gasteiger partial charge in [-0.15, -0.1) is 0 Å². The monoisotopic (exact) mass is 190 g/mol. The van der Waals surface area contributed by atoms with Gasteiger partial charge in [-0.2, -0.15) is 0 Å². The van der Waals surface area contributed by atoms with Gasteiger partial charge in [0.05, 0.1) is 0 Å². The van der Waals surface area contributed by atoms with E-state index < -0.39 is 0 Å². The maximum absolute atomic E-state index is 13.0.